The summed E-state index contributed by atoms with van der Waals surface area (Å²) in [5, 5.41) is 3.30. The van der Waals surface area contributed by atoms with Gasteiger partial charge in [0.05, 0.1) is 18.7 Å². The number of azide groups is 1. The molecule has 0 spiro atoms. The molecule has 0 unspecified atom stereocenters. The fraction of sp³-hybridized carbons (Fsp3) is 0.385. The summed E-state index contributed by atoms with van der Waals surface area (Å²) in [6, 6.07) is 4.25. The first kappa shape index (κ1) is 12.3. The number of rotatable bonds is 4. The van der Waals surface area contributed by atoms with Crippen LogP contribution in [0.1, 0.15) is 18.4 Å². The Balaban J connectivity index is 2.09. The molecule has 92 valence electrons. The lowest BCUT2D eigenvalue weighted by molar-refractivity contribution is 0.298. The maximum Gasteiger partial charge on any atom is 0.135 e. The third-order valence-corrected chi connectivity index (χ3v) is 2.55. The predicted molar refractivity (Wildman–Crippen MR) is 65.5 cm³/mol. The molecule has 0 heterocycles. The first-order chi connectivity index (χ1) is 8.79. The molecule has 1 fully saturated rings. The first-order valence-corrected chi connectivity index (χ1v) is 5.71. The van der Waals surface area contributed by atoms with Gasteiger partial charge in [0.1, 0.15) is 11.6 Å². The van der Waals surface area contributed by atoms with Gasteiger partial charge in [0.15, 0.2) is 0 Å². The Morgan fingerprint density at radius 1 is 1.50 bits per heavy atom. The van der Waals surface area contributed by atoms with Crippen LogP contribution in [0.5, 0.6) is 5.75 Å². The molecular weight excluding hydrogens is 233 g/mol. The second-order valence-corrected chi connectivity index (χ2v) is 4.09. The first-order valence-electron chi connectivity index (χ1n) is 5.71. The molecule has 4 nitrogen and oxygen atoms in total. The van der Waals surface area contributed by atoms with Crippen molar-refractivity contribution in [2.24, 2.45) is 11.0 Å². The molecule has 1 aromatic carbocycles. The van der Waals surface area contributed by atoms with E-state index in [-0.39, 0.29) is 12.4 Å². The lowest BCUT2D eigenvalue weighted by Gasteiger charge is -2.07. The van der Waals surface area contributed by atoms with E-state index in [4.69, 9.17) is 10.3 Å². The third kappa shape index (κ3) is 3.69. The van der Waals surface area contributed by atoms with E-state index >= 15 is 0 Å². The third-order valence-electron chi connectivity index (χ3n) is 2.55. The number of hydrogen-bond acceptors (Lipinski definition) is 2. The summed E-state index contributed by atoms with van der Waals surface area (Å²) >= 11 is 0. The SMILES string of the molecule is [N-]=[N+]=NCC#Cc1cc(F)ccc1OCC1CC1. The predicted octanol–water partition coefficient (Wildman–Crippen LogP) is 3.28. The summed E-state index contributed by atoms with van der Waals surface area (Å²) in [7, 11) is 0. The van der Waals surface area contributed by atoms with Gasteiger partial charge in [0, 0.05) is 4.91 Å². The van der Waals surface area contributed by atoms with E-state index in [1.807, 2.05) is 0 Å². The van der Waals surface area contributed by atoms with Gasteiger partial charge >= 0.3 is 0 Å². The van der Waals surface area contributed by atoms with Gasteiger partial charge in [0.2, 0.25) is 0 Å². The molecule has 0 bridgehead atoms. The fourth-order valence-electron chi connectivity index (χ4n) is 1.42. The van der Waals surface area contributed by atoms with Gasteiger partial charge < -0.3 is 4.74 Å². The number of halogens is 1. The standard InChI is InChI=1S/C13H12FN3O/c14-12-5-6-13(18-9-10-3-4-10)11(8-12)2-1-7-16-17-15/h5-6,8,10H,3-4,7,9H2. The summed E-state index contributed by atoms with van der Waals surface area (Å²) in [6.07, 6.45) is 2.39. The maximum absolute atomic E-state index is 13.1. The van der Waals surface area contributed by atoms with Crippen LogP contribution in [0, 0.1) is 23.6 Å². The second kappa shape index (κ2) is 5.95. The molecule has 18 heavy (non-hydrogen) atoms. The summed E-state index contributed by atoms with van der Waals surface area (Å²) in [6.45, 7) is 0.714. The van der Waals surface area contributed by atoms with Crippen molar-refractivity contribution in [3.8, 4) is 17.6 Å². The molecule has 0 atom stereocenters. The molecule has 0 aromatic heterocycles. The lowest BCUT2D eigenvalue weighted by atomic mass is 10.2. The molecule has 1 saturated carbocycles. The highest BCUT2D eigenvalue weighted by Crippen LogP contribution is 2.30. The molecule has 0 aliphatic heterocycles. The van der Waals surface area contributed by atoms with E-state index < -0.39 is 0 Å². The highest BCUT2D eigenvalue weighted by molar-refractivity contribution is 5.46. The highest BCUT2D eigenvalue weighted by atomic mass is 19.1. The zero-order valence-corrected chi connectivity index (χ0v) is 9.77. The maximum atomic E-state index is 13.1. The van der Waals surface area contributed by atoms with Gasteiger partial charge in [-0.15, -0.1) is 0 Å². The van der Waals surface area contributed by atoms with Crippen LogP contribution in [-0.4, -0.2) is 13.2 Å². The minimum absolute atomic E-state index is 0.0646. The van der Waals surface area contributed by atoms with Crippen LogP contribution in [0.25, 0.3) is 10.4 Å². The van der Waals surface area contributed by atoms with Crippen molar-refractivity contribution < 1.29 is 9.13 Å². The fourth-order valence-corrected chi connectivity index (χ4v) is 1.42. The van der Waals surface area contributed by atoms with Crippen LogP contribution >= 0.6 is 0 Å². The van der Waals surface area contributed by atoms with Gasteiger partial charge in [-0.2, -0.15) is 0 Å². The van der Waals surface area contributed by atoms with Gasteiger partial charge in [0.25, 0.3) is 0 Å². The highest BCUT2D eigenvalue weighted by Gasteiger charge is 2.22. The second-order valence-electron chi connectivity index (χ2n) is 4.09. The average Bonchev–Trinajstić information content (AvgIpc) is 3.17. The number of benzene rings is 1. The van der Waals surface area contributed by atoms with E-state index in [2.05, 4.69) is 21.9 Å². The summed E-state index contributed by atoms with van der Waals surface area (Å²) < 4.78 is 18.7. The van der Waals surface area contributed by atoms with E-state index in [0.29, 0.717) is 23.8 Å². The largest absolute Gasteiger partial charge is 0.492 e. The molecule has 0 N–H and O–H groups in total. The van der Waals surface area contributed by atoms with Gasteiger partial charge in [-0.3, -0.25) is 0 Å². The van der Waals surface area contributed by atoms with Gasteiger partial charge in [-0.05, 0) is 42.5 Å². The Hall–Kier alpha value is -2.18. The van der Waals surface area contributed by atoms with E-state index in [1.165, 1.54) is 25.0 Å². The Morgan fingerprint density at radius 3 is 3.06 bits per heavy atom. The number of nitrogens with zero attached hydrogens (tertiary/aromatic N) is 3. The lowest BCUT2D eigenvalue weighted by Crippen LogP contribution is -2.00. The molecular formula is C13H12FN3O. The normalized spacial score (nSPS) is 13.2. The Morgan fingerprint density at radius 2 is 2.33 bits per heavy atom. The Bertz CT molecular complexity index is 537. The minimum atomic E-state index is -0.359. The molecule has 5 heteroatoms. The van der Waals surface area contributed by atoms with E-state index in [1.54, 1.807) is 6.07 Å². The van der Waals surface area contributed by atoms with Crippen molar-refractivity contribution in [3.63, 3.8) is 0 Å². The van der Waals surface area contributed by atoms with Crippen molar-refractivity contribution in [1.29, 1.82) is 0 Å². The molecule has 2 rings (SSSR count). The Labute approximate surface area is 104 Å². The minimum Gasteiger partial charge on any atom is -0.492 e. The summed E-state index contributed by atoms with van der Waals surface area (Å²) in [5.74, 6) is 6.25. The van der Waals surface area contributed by atoms with E-state index in [0.717, 1.165) is 0 Å². The van der Waals surface area contributed by atoms with Crippen LogP contribution in [0.3, 0.4) is 0 Å². The van der Waals surface area contributed by atoms with Crippen LogP contribution in [-0.2, 0) is 0 Å². The van der Waals surface area contributed by atoms with Gasteiger partial charge in [-0.1, -0.05) is 17.0 Å². The van der Waals surface area contributed by atoms with Crippen molar-refractivity contribution in [2.75, 3.05) is 13.2 Å². The average molecular weight is 245 g/mol. The molecule has 0 amide bonds. The quantitative estimate of drug-likeness (QED) is 0.347. The van der Waals surface area contributed by atoms with Crippen molar-refractivity contribution >= 4 is 0 Å². The van der Waals surface area contributed by atoms with Crippen molar-refractivity contribution in [2.45, 2.75) is 12.8 Å². The van der Waals surface area contributed by atoms with E-state index in [9.17, 15) is 4.39 Å². The summed E-state index contributed by atoms with van der Waals surface area (Å²) in [4.78, 5) is 2.59. The topological polar surface area (TPSA) is 58.0 Å². The summed E-state index contributed by atoms with van der Waals surface area (Å²) in [5.41, 5.74) is 8.61. The van der Waals surface area contributed by atoms with Crippen LogP contribution in [0.4, 0.5) is 4.39 Å². The smallest absolute Gasteiger partial charge is 0.135 e. The number of hydrogen-bond donors (Lipinski definition) is 0. The zero-order chi connectivity index (χ0) is 12.8. The number of ether oxygens (including phenoxy) is 1. The molecule has 1 aromatic rings. The van der Waals surface area contributed by atoms with Crippen molar-refractivity contribution in [1.82, 2.24) is 0 Å². The van der Waals surface area contributed by atoms with Crippen LogP contribution < -0.4 is 4.74 Å². The monoisotopic (exact) mass is 245 g/mol. The molecule has 1 aliphatic rings. The van der Waals surface area contributed by atoms with Crippen molar-refractivity contribution in [3.05, 3.63) is 40.0 Å². The molecule has 0 radical (unpaired) electrons. The molecule has 1 aliphatic carbocycles. The van der Waals surface area contributed by atoms with Crippen LogP contribution in [0.2, 0.25) is 0 Å². The zero-order valence-electron chi connectivity index (χ0n) is 9.77. The Kier molecular flexibility index (Phi) is 4.06. The van der Waals surface area contributed by atoms with Crippen LogP contribution in [0.15, 0.2) is 23.3 Å². The molecule has 0 saturated heterocycles. The van der Waals surface area contributed by atoms with Gasteiger partial charge in [-0.25, -0.2) is 4.39 Å².